The van der Waals surface area contributed by atoms with Gasteiger partial charge in [-0.05, 0) is 47.5 Å². The fourth-order valence-electron chi connectivity index (χ4n) is 4.71. The van der Waals surface area contributed by atoms with Crippen molar-refractivity contribution in [3.8, 4) is 11.1 Å². The van der Waals surface area contributed by atoms with E-state index >= 15 is 0 Å². The Kier molecular flexibility index (Phi) is 5.01. The van der Waals surface area contributed by atoms with Gasteiger partial charge in [0.1, 0.15) is 0 Å². The number of nitrogens with zero attached hydrogens (tertiary/aromatic N) is 4. The molecule has 6 nitrogen and oxygen atoms in total. The highest BCUT2D eigenvalue weighted by atomic mass is 79.9. The Hall–Kier alpha value is -2.80. The van der Waals surface area contributed by atoms with Gasteiger partial charge in [-0.1, -0.05) is 66.4 Å². The summed E-state index contributed by atoms with van der Waals surface area (Å²) in [5.74, 6) is -0.193. The molecular weight excluding hydrogens is 456 g/mol. The maximum absolute atomic E-state index is 12.9. The maximum Gasteiger partial charge on any atom is 0.307 e. The molecule has 0 fully saturated rings. The summed E-state index contributed by atoms with van der Waals surface area (Å²) in [5, 5.41) is 13.5. The Morgan fingerprint density at radius 1 is 1.16 bits per heavy atom. The Morgan fingerprint density at radius 3 is 2.84 bits per heavy atom. The second-order valence-electron chi connectivity index (χ2n) is 8.19. The second kappa shape index (κ2) is 7.71. The number of aromatic nitrogens is 4. The average Bonchev–Trinajstić information content (AvgIpc) is 3.33. The number of benzene rings is 2. The summed E-state index contributed by atoms with van der Waals surface area (Å²) < 4.78 is 8.93. The molecular formula is C24H23BrN4O2. The molecule has 1 atom stereocenters. The summed E-state index contributed by atoms with van der Waals surface area (Å²) in [5.41, 5.74) is 4.44. The summed E-state index contributed by atoms with van der Waals surface area (Å²) in [7, 11) is 0. The summed E-state index contributed by atoms with van der Waals surface area (Å²) in [6, 6.07) is 14.2. The van der Waals surface area contributed by atoms with Gasteiger partial charge in [0.05, 0.1) is 11.1 Å². The van der Waals surface area contributed by atoms with Crippen LogP contribution in [-0.4, -0.2) is 26.0 Å². The zero-order chi connectivity index (χ0) is 21.6. The standard InChI is InChI=1S/C24H23BrN4O2/c1-3-4-5-6-11-20(30)31-24(2)18-10-8-7-9-16(18)21-17-14-15(25)12-13-19(17)29-23(22(21)24)26-27-28-29/h7-10,12-14H,3-6,11H2,1-2H3. The van der Waals surface area contributed by atoms with Crippen LogP contribution in [0.25, 0.3) is 27.7 Å². The Balaban J connectivity index is 1.71. The lowest BCUT2D eigenvalue weighted by Gasteiger charge is -2.27. The quantitative estimate of drug-likeness (QED) is 0.258. The largest absolute Gasteiger partial charge is 0.449 e. The molecule has 1 aliphatic rings. The topological polar surface area (TPSA) is 69.4 Å². The predicted molar refractivity (Wildman–Crippen MR) is 123 cm³/mol. The number of esters is 1. The van der Waals surface area contributed by atoms with Gasteiger partial charge in [0.15, 0.2) is 11.2 Å². The third-order valence-corrected chi connectivity index (χ3v) is 6.63. The van der Waals surface area contributed by atoms with E-state index in [1.807, 2.05) is 37.3 Å². The van der Waals surface area contributed by atoms with Crippen molar-refractivity contribution in [2.75, 3.05) is 0 Å². The summed E-state index contributed by atoms with van der Waals surface area (Å²) in [6.45, 7) is 4.12. The molecule has 0 saturated heterocycles. The van der Waals surface area contributed by atoms with Gasteiger partial charge < -0.3 is 4.74 Å². The maximum atomic E-state index is 12.9. The molecule has 2 aromatic carbocycles. The number of carbonyl (C=O) groups excluding carboxylic acids is 1. The van der Waals surface area contributed by atoms with E-state index in [1.54, 1.807) is 4.52 Å². The summed E-state index contributed by atoms with van der Waals surface area (Å²) >= 11 is 3.60. The van der Waals surface area contributed by atoms with Gasteiger partial charge in [0, 0.05) is 27.4 Å². The van der Waals surface area contributed by atoms with E-state index in [1.165, 1.54) is 0 Å². The van der Waals surface area contributed by atoms with Crippen molar-refractivity contribution in [1.29, 1.82) is 0 Å². The van der Waals surface area contributed by atoms with Crippen molar-refractivity contribution >= 4 is 38.4 Å². The van der Waals surface area contributed by atoms with Crippen molar-refractivity contribution in [2.45, 2.75) is 51.6 Å². The fourth-order valence-corrected chi connectivity index (χ4v) is 5.07. The van der Waals surface area contributed by atoms with E-state index in [4.69, 9.17) is 4.74 Å². The molecule has 1 aliphatic carbocycles. The Morgan fingerprint density at radius 2 is 2.00 bits per heavy atom. The number of halogens is 1. The number of carbonyl (C=O) groups is 1. The number of ether oxygens (including phenoxy) is 1. The van der Waals surface area contributed by atoms with Crippen molar-refractivity contribution in [3.63, 3.8) is 0 Å². The number of hydrogen-bond acceptors (Lipinski definition) is 5. The first kappa shape index (κ1) is 20.1. The molecule has 2 aromatic heterocycles. The molecule has 0 bridgehead atoms. The van der Waals surface area contributed by atoms with Crippen molar-refractivity contribution in [2.24, 2.45) is 0 Å². The number of tetrazole rings is 1. The fraction of sp³-hybridized carbons (Fsp3) is 0.333. The average molecular weight is 479 g/mol. The Labute approximate surface area is 188 Å². The summed E-state index contributed by atoms with van der Waals surface area (Å²) in [4.78, 5) is 12.9. The molecule has 1 unspecified atom stereocenters. The first-order valence-electron chi connectivity index (χ1n) is 10.7. The molecule has 2 heterocycles. The summed E-state index contributed by atoms with van der Waals surface area (Å²) in [6.07, 6.45) is 4.54. The first-order valence-corrected chi connectivity index (χ1v) is 11.5. The molecule has 0 N–H and O–H groups in total. The molecule has 31 heavy (non-hydrogen) atoms. The van der Waals surface area contributed by atoms with Crippen LogP contribution in [0.15, 0.2) is 46.9 Å². The van der Waals surface area contributed by atoms with Gasteiger partial charge >= 0.3 is 5.97 Å². The Bertz CT molecular complexity index is 1320. The smallest absolute Gasteiger partial charge is 0.307 e. The zero-order valence-electron chi connectivity index (χ0n) is 17.6. The van der Waals surface area contributed by atoms with Crippen LogP contribution in [0.2, 0.25) is 0 Å². The van der Waals surface area contributed by atoms with Crippen LogP contribution in [0.5, 0.6) is 0 Å². The lowest BCUT2D eigenvalue weighted by Crippen LogP contribution is -2.29. The van der Waals surface area contributed by atoms with Crippen LogP contribution in [0, 0.1) is 0 Å². The van der Waals surface area contributed by atoms with E-state index in [0.717, 1.165) is 63.3 Å². The number of pyridine rings is 1. The van der Waals surface area contributed by atoms with Gasteiger partial charge in [-0.2, -0.15) is 4.52 Å². The zero-order valence-corrected chi connectivity index (χ0v) is 19.1. The minimum Gasteiger partial charge on any atom is -0.449 e. The SMILES string of the molecule is CCCCCCC(=O)OC1(C)c2ccccc2-c2c1c1nnnn1c1ccc(Br)cc21. The monoisotopic (exact) mass is 478 g/mol. The minimum absolute atomic E-state index is 0.193. The normalized spacial score (nSPS) is 17.1. The highest BCUT2D eigenvalue weighted by Gasteiger charge is 2.46. The van der Waals surface area contributed by atoms with Gasteiger partial charge in [-0.3, -0.25) is 4.79 Å². The highest BCUT2D eigenvalue weighted by molar-refractivity contribution is 9.10. The first-order chi connectivity index (χ1) is 15.0. The van der Waals surface area contributed by atoms with Crippen LogP contribution < -0.4 is 0 Å². The lowest BCUT2D eigenvalue weighted by molar-refractivity contribution is -0.155. The van der Waals surface area contributed by atoms with Gasteiger partial charge in [-0.15, -0.1) is 5.10 Å². The van der Waals surface area contributed by atoms with E-state index in [0.29, 0.717) is 12.1 Å². The van der Waals surface area contributed by atoms with Crippen LogP contribution >= 0.6 is 15.9 Å². The number of rotatable bonds is 6. The predicted octanol–water partition coefficient (Wildman–Crippen LogP) is 5.80. The van der Waals surface area contributed by atoms with E-state index in [2.05, 4.69) is 50.5 Å². The number of hydrogen-bond donors (Lipinski definition) is 0. The van der Waals surface area contributed by atoms with Crippen molar-refractivity contribution in [1.82, 2.24) is 20.0 Å². The number of unbranched alkanes of at least 4 members (excludes halogenated alkanes) is 3. The highest BCUT2D eigenvalue weighted by Crippen LogP contribution is 2.53. The van der Waals surface area contributed by atoms with Crippen molar-refractivity contribution in [3.05, 3.63) is 58.1 Å². The van der Waals surface area contributed by atoms with Crippen molar-refractivity contribution < 1.29 is 9.53 Å². The van der Waals surface area contributed by atoms with Crippen LogP contribution in [-0.2, 0) is 15.1 Å². The third-order valence-electron chi connectivity index (χ3n) is 6.14. The van der Waals surface area contributed by atoms with E-state index in [-0.39, 0.29) is 5.97 Å². The molecule has 7 heteroatoms. The minimum atomic E-state index is -0.958. The molecule has 0 aliphatic heterocycles. The van der Waals surface area contributed by atoms with Gasteiger partial charge in [0.2, 0.25) is 0 Å². The molecule has 4 aromatic rings. The lowest BCUT2D eigenvalue weighted by atomic mass is 9.93. The molecule has 0 radical (unpaired) electrons. The van der Waals surface area contributed by atoms with Crippen LogP contribution in [0.3, 0.4) is 0 Å². The van der Waals surface area contributed by atoms with Crippen LogP contribution in [0.4, 0.5) is 0 Å². The number of fused-ring (bicyclic) bond motifs is 8. The van der Waals surface area contributed by atoms with E-state index in [9.17, 15) is 4.79 Å². The second-order valence-corrected chi connectivity index (χ2v) is 9.11. The molecule has 158 valence electrons. The molecule has 0 saturated carbocycles. The molecule has 0 amide bonds. The molecule has 5 rings (SSSR count). The van der Waals surface area contributed by atoms with Gasteiger partial charge in [-0.25, -0.2) is 0 Å². The third kappa shape index (κ3) is 3.14. The van der Waals surface area contributed by atoms with E-state index < -0.39 is 5.60 Å². The molecule has 0 spiro atoms. The van der Waals surface area contributed by atoms with Crippen LogP contribution in [0.1, 0.15) is 57.1 Å². The van der Waals surface area contributed by atoms with Gasteiger partial charge in [0.25, 0.3) is 0 Å².